The van der Waals surface area contributed by atoms with Gasteiger partial charge in [0.15, 0.2) is 0 Å². The van der Waals surface area contributed by atoms with Gasteiger partial charge in [-0.1, -0.05) is 0 Å². The molecule has 0 spiro atoms. The third kappa shape index (κ3) is 2.42. The fourth-order valence-electron chi connectivity index (χ4n) is 3.10. The van der Waals surface area contributed by atoms with E-state index < -0.39 is 0 Å². The second kappa shape index (κ2) is 5.65. The second-order valence-corrected chi connectivity index (χ2v) is 5.21. The Labute approximate surface area is 122 Å². The van der Waals surface area contributed by atoms with E-state index in [1.54, 1.807) is 24.5 Å². The first-order valence-electron chi connectivity index (χ1n) is 7.21. The predicted octanol–water partition coefficient (Wildman–Crippen LogP) is 2.33. The van der Waals surface area contributed by atoms with Gasteiger partial charge in [0.05, 0.1) is 10.3 Å². The van der Waals surface area contributed by atoms with Gasteiger partial charge >= 0.3 is 0 Å². The molecule has 6 nitrogen and oxygen atoms in total. The zero-order valence-electron chi connectivity index (χ0n) is 12.0. The predicted molar refractivity (Wildman–Crippen MR) is 82.7 cm³/mol. The van der Waals surface area contributed by atoms with Gasteiger partial charge in [-0.3, -0.25) is 15.1 Å². The van der Waals surface area contributed by atoms with Crippen LogP contribution in [0.15, 0.2) is 30.6 Å². The van der Waals surface area contributed by atoms with Gasteiger partial charge in [0.1, 0.15) is 0 Å². The SMILES string of the molecule is CCN(c1ccc([N+](=O)[O-])c2ccncc12)C1CCNC1. The Morgan fingerprint density at radius 1 is 1.43 bits per heavy atom. The van der Waals surface area contributed by atoms with Crippen molar-refractivity contribution in [1.29, 1.82) is 0 Å². The summed E-state index contributed by atoms with van der Waals surface area (Å²) < 4.78 is 0. The summed E-state index contributed by atoms with van der Waals surface area (Å²) in [5.41, 5.74) is 1.16. The normalized spacial score (nSPS) is 18.0. The molecule has 110 valence electrons. The second-order valence-electron chi connectivity index (χ2n) is 5.21. The van der Waals surface area contributed by atoms with Crippen LogP contribution in [0.1, 0.15) is 13.3 Å². The molecular formula is C15H18N4O2. The van der Waals surface area contributed by atoms with E-state index in [9.17, 15) is 10.1 Å². The molecule has 0 radical (unpaired) electrons. The lowest BCUT2D eigenvalue weighted by Gasteiger charge is -2.30. The van der Waals surface area contributed by atoms with Gasteiger partial charge in [0.25, 0.3) is 5.69 Å². The van der Waals surface area contributed by atoms with Crippen LogP contribution in [0.2, 0.25) is 0 Å². The quantitative estimate of drug-likeness (QED) is 0.690. The Morgan fingerprint density at radius 2 is 2.29 bits per heavy atom. The number of rotatable bonds is 4. The third-order valence-electron chi connectivity index (χ3n) is 4.09. The monoisotopic (exact) mass is 286 g/mol. The van der Waals surface area contributed by atoms with Crippen molar-refractivity contribution in [3.63, 3.8) is 0 Å². The van der Waals surface area contributed by atoms with Crippen LogP contribution in [0.4, 0.5) is 11.4 Å². The molecule has 1 aliphatic rings. The molecule has 1 aliphatic heterocycles. The lowest BCUT2D eigenvalue weighted by atomic mass is 10.1. The molecule has 0 amide bonds. The van der Waals surface area contributed by atoms with Crippen molar-refractivity contribution in [1.82, 2.24) is 10.3 Å². The molecule has 3 rings (SSSR count). The van der Waals surface area contributed by atoms with Crippen molar-refractivity contribution < 1.29 is 4.92 Å². The van der Waals surface area contributed by atoms with Crippen LogP contribution in [-0.4, -0.2) is 35.6 Å². The number of nitrogens with one attached hydrogen (secondary N) is 1. The van der Waals surface area contributed by atoms with Crippen LogP contribution in [0.5, 0.6) is 0 Å². The van der Waals surface area contributed by atoms with Crippen molar-refractivity contribution in [2.24, 2.45) is 0 Å². The van der Waals surface area contributed by atoms with E-state index in [1.165, 1.54) is 0 Å². The molecule has 1 aromatic heterocycles. The average molecular weight is 286 g/mol. The van der Waals surface area contributed by atoms with Gasteiger partial charge in [0, 0.05) is 48.7 Å². The maximum absolute atomic E-state index is 11.2. The summed E-state index contributed by atoms with van der Waals surface area (Å²) in [5, 5.41) is 16.0. The van der Waals surface area contributed by atoms with Crippen LogP contribution in [0.3, 0.4) is 0 Å². The highest BCUT2D eigenvalue weighted by Gasteiger charge is 2.24. The van der Waals surface area contributed by atoms with E-state index in [0.29, 0.717) is 11.4 Å². The van der Waals surface area contributed by atoms with Gasteiger partial charge in [0.2, 0.25) is 0 Å². The van der Waals surface area contributed by atoms with Crippen molar-refractivity contribution in [3.8, 4) is 0 Å². The molecule has 1 aromatic carbocycles. The average Bonchev–Trinajstić information content (AvgIpc) is 3.02. The summed E-state index contributed by atoms with van der Waals surface area (Å²) in [7, 11) is 0. The fourth-order valence-corrected chi connectivity index (χ4v) is 3.10. The molecule has 0 aliphatic carbocycles. The molecular weight excluding hydrogens is 268 g/mol. The molecule has 21 heavy (non-hydrogen) atoms. The standard InChI is InChI=1S/C15H18N4O2/c1-2-18(11-5-7-16-9-11)14-3-4-15(19(20)21)12-6-8-17-10-13(12)14/h3-4,6,8,10-11,16H,2,5,7,9H2,1H3. The van der Waals surface area contributed by atoms with Gasteiger partial charge in [-0.2, -0.15) is 0 Å². The maximum atomic E-state index is 11.2. The van der Waals surface area contributed by atoms with E-state index in [1.807, 2.05) is 6.07 Å². The number of pyridine rings is 1. The third-order valence-corrected chi connectivity index (χ3v) is 4.09. The Kier molecular flexibility index (Phi) is 3.70. The van der Waals surface area contributed by atoms with Gasteiger partial charge in [-0.05, 0) is 32.0 Å². The number of anilines is 1. The number of non-ortho nitro benzene ring substituents is 1. The molecule has 0 bridgehead atoms. The van der Waals surface area contributed by atoms with Crippen LogP contribution < -0.4 is 10.2 Å². The Bertz CT molecular complexity index is 668. The zero-order chi connectivity index (χ0) is 14.8. The number of aromatic nitrogens is 1. The molecule has 6 heteroatoms. The number of fused-ring (bicyclic) bond motifs is 1. The number of benzene rings is 1. The van der Waals surface area contributed by atoms with E-state index in [4.69, 9.17) is 0 Å². The summed E-state index contributed by atoms with van der Waals surface area (Å²) >= 11 is 0. The molecule has 2 aromatic rings. The van der Waals surface area contributed by atoms with Crippen molar-refractivity contribution in [2.45, 2.75) is 19.4 Å². The van der Waals surface area contributed by atoms with E-state index in [2.05, 4.69) is 22.1 Å². The minimum absolute atomic E-state index is 0.136. The van der Waals surface area contributed by atoms with E-state index in [0.717, 1.165) is 37.1 Å². The number of nitrogens with zero attached hydrogens (tertiary/aromatic N) is 3. The molecule has 1 unspecified atom stereocenters. The number of likely N-dealkylation sites (N-methyl/N-ethyl adjacent to an activating group) is 1. The first kappa shape index (κ1) is 13.8. The first-order valence-corrected chi connectivity index (χ1v) is 7.21. The molecule has 1 atom stereocenters. The number of hydrogen-bond donors (Lipinski definition) is 1. The van der Waals surface area contributed by atoms with Crippen LogP contribution >= 0.6 is 0 Å². The van der Waals surface area contributed by atoms with Crippen molar-refractivity contribution in [2.75, 3.05) is 24.5 Å². The molecule has 2 heterocycles. The Morgan fingerprint density at radius 3 is 2.95 bits per heavy atom. The number of hydrogen-bond acceptors (Lipinski definition) is 5. The number of nitro groups is 1. The van der Waals surface area contributed by atoms with Crippen molar-refractivity contribution >= 4 is 22.1 Å². The topological polar surface area (TPSA) is 71.3 Å². The maximum Gasteiger partial charge on any atom is 0.277 e. The minimum atomic E-state index is -0.334. The molecule has 0 saturated carbocycles. The minimum Gasteiger partial charge on any atom is -0.367 e. The van der Waals surface area contributed by atoms with Gasteiger partial charge in [-0.15, -0.1) is 0 Å². The summed E-state index contributed by atoms with van der Waals surface area (Å²) in [6.45, 7) is 4.95. The van der Waals surface area contributed by atoms with Gasteiger partial charge in [-0.25, -0.2) is 0 Å². The summed E-state index contributed by atoms with van der Waals surface area (Å²) in [5.74, 6) is 0. The van der Waals surface area contributed by atoms with Crippen LogP contribution in [-0.2, 0) is 0 Å². The summed E-state index contributed by atoms with van der Waals surface area (Å²) in [4.78, 5) is 17.3. The highest BCUT2D eigenvalue weighted by Crippen LogP contribution is 2.34. The largest absolute Gasteiger partial charge is 0.367 e. The summed E-state index contributed by atoms with van der Waals surface area (Å²) in [6.07, 6.45) is 4.42. The first-order chi connectivity index (χ1) is 10.2. The zero-order valence-corrected chi connectivity index (χ0v) is 12.0. The fraction of sp³-hybridized carbons (Fsp3) is 0.400. The molecule has 1 saturated heterocycles. The van der Waals surface area contributed by atoms with E-state index >= 15 is 0 Å². The van der Waals surface area contributed by atoms with Crippen molar-refractivity contribution in [3.05, 3.63) is 40.7 Å². The molecule has 1 fully saturated rings. The number of nitro benzene ring substituents is 1. The van der Waals surface area contributed by atoms with Crippen LogP contribution in [0, 0.1) is 10.1 Å². The van der Waals surface area contributed by atoms with E-state index in [-0.39, 0.29) is 10.6 Å². The lowest BCUT2D eigenvalue weighted by Crippen LogP contribution is -2.36. The smallest absolute Gasteiger partial charge is 0.277 e. The van der Waals surface area contributed by atoms with Crippen LogP contribution in [0.25, 0.3) is 10.8 Å². The highest BCUT2D eigenvalue weighted by molar-refractivity contribution is 5.99. The Hall–Kier alpha value is -2.21. The Balaban J connectivity index is 2.14. The van der Waals surface area contributed by atoms with Gasteiger partial charge < -0.3 is 10.2 Å². The molecule has 1 N–H and O–H groups in total. The highest BCUT2D eigenvalue weighted by atomic mass is 16.6. The summed E-state index contributed by atoms with van der Waals surface area (Å²) in [6, 6.07) is 5.60. The lowest BCUT2D eigenvalue weighted by molar-refractivity contribution is -0.383.